The first kappa shape index (κ1) is 17.0. The van der Waals surface area contributed by atoms with Crippen molar-refractivity contribution in [3.8, 4) is 0 Å². The molecule has 4 nitrogen and oxygen atoms in total. The summed E-state index contributed by atoms with van der Waals surface area (Å²) in [5.74, 6) is -1.80. The highest BCUT2D eigenvalue weighted by Crippen LogP contribution is 2.21. The number of hydrogen-bond donors (Lipinski definition) is 2. The van der Waals surface area contributed by atoms with Crippen molar-refractivity contribution >= 4 is 10.0 Å². The van der Waals surface area contributed by atoms with Crippen molar-refractivity contribution in [2.45, 2.75) is 37.6 Å². The van der Waals surface area contributed by atoms with Gasteiger partial charge >= 0.3 is 0 Å². The Hall–Kier alpha value is -1.05. The van der Waals surface area contributed by atoms with Crippen LogP contribution in [0.1, 0.15) is 31.7 Å². The van der Waals surface area contributed by atoms with Crippen LogP contribution in [0.3, 0.4) is 0 Å². The van der Waals surface area contributed by atoms with E-state index in [1.165, 1.54) is 7.05 Å². The second-order valence-corrected chi connectivity index (χ2v) is 6.21. The van der Waals surface area contributed by atoms with Crippen molar-refractivity contribution in [3.63, 3.8) is 0 Å². The van der Waals surface area contributed by atoms with Crippen LogP contribution in [0.4, 0.5) is 8.78 Å². The molecule has 2 N–H and O–H groups in total. The molecule has 0 heterocycles. The van der Waals surface area contributed by atoms with Gasteiger partial charge in [0, 0.05) is 18.7 Å². The maximum atomic E-state index is 14.1. The topological polar surface area (TPSA) is 58.2 Å². The minimum atomic E-state index is -3.95. The molecule has 0 aliphatic heterocycles. The van der Waals surface area contributed by atoms with Crippen molar-refractivity contribution in [3.05, 3.63) is 29.3 Å². The van der Waals surface area contributed by atoms with Crippen molar-refractivity contribution in [1.82, 2.24) is 10.0 Å². The SMILES string of the molecule is CCCCCNS(=O)(=O)c1ccc(F)c(CNC)c1F. The third-order valence-corrected chi connectivity index (χ3v) is 4.34. The molecule has 0 spiro atoms. The molecule has 0 aliphatic carbocycles. The fourth-order valence-electron chi connectivity index (χ4n) is 1.78. The predicted octanol–water partition coefficient (Wildman–Crippen LogP) is 2.15. The predicted molar refractivity (Wildman–Crippen MR) is 73.8 cm³/mol. The summed E-state index contributed by atoms with van der Waals surface area (Å²) in [6.45, 7) is 2.17. The van der Waals surface area contributed by atoms with E-state index >= 15 is 0 Å². The summed E-state index contributed by atoms with van der Waals surface area (Å²) < 4.78 is 53.9. The number of benzene rings is 1. The van der Waals surface area contributed by atoms with E-state index in [0.29, 0.717) is 6.42 Å². The van der Waals surface area contributed by atoms with Gasteiger partial charge in [0.1, 0.15) is 10.7 Å². The first-order chi connectivity index (χ1) is 9.44. The van der Waals surface area contributed by atoms with Gasteiger partial charge in [-0.15, -0.1) is 0 Å². The van der Waals surface area contributed by atoms with Crippen LogP contribution >= 0.6 is 0 Å². The molecular weight excluding hydrogens is 286 g/mol. The smallest absolute Gasteiger partial charge is 0.243 e. The van der Waals surface area contributed by atoms with Gasteiger partial charge in [-0.05, 0) is 25.6 Å². The lowest BCUT2D eigenvalue weighted by Gasteiger charge is -2.11. The summed E-state index contributed by atoms with van der Waals surface area (Å²) in [5, 5.41) is 2.61. The van der Waals surface area contributed by atoms with Gasteiger partial charge in [0.15, 0.2) is 5.82 Å². The van der Waals surface area contributed by atoms with Crippen LogP contribution in [-0.2, 0) is 16.6 Å². The Balaban J connectivity index is 2.97. The molecule has 0 atom stereocenters. The fourth-order valence-corrected chi connectivity index (χ4v) is 2.96. The van der Waals surface area contributed by atoms with Crippen LogP contribution < -0.4 is 10.0 Å². The fraction of sp³-hybridized carbons (Fsp3) is 0.538. The van der Waals surface area contributed by atoms with Crippen LogP contribution in [0.25, 0.3) is 0 Å². The van der Waals surface area contributed by atoms with Crippen LogP contribution in [0.2, 0.25) is 0 Å². The minimum Gasteiger partial charge on any atom is -0.315 e. The average Bonchev–Trinajstić information content (AvgIpc) is 2.39. The minimum absolute atomic E-state index is 0.0726. The largest absolute Gasteiger partial charge is 0.315 e. The van der Waals surface area contributed by atoms with Crippen molar-refractivity contribution < 1.29 is 17.2 Å². The molecule has 0 fully saturated rings. The molecule has 0 saturated heterocycles. The summed E-state index contributed by atoms with van der Waals surface area (Å²) in [5.41, 5.74) is -0.274. The van der Waals surface area contributed by atoms with Gasteiger partial charge in [-0.3, -0.25) is 0 Å². The Kier molecular flexibility index (Phi) is 6.51. The zero-order valence-electron chi connectivity index (χ0n) is 11.7. The zero-order valence-corrected chi connectivity index (χ0v) is 12.5. The van der Waals surface area contributed by atoms with Gasteiger partial charge in [0.25, 0.3) is 0 Å². The maximum Gasteiger partial charge on any atom is 0.243 e. The molecule has 20 heavy (non-hydrogen) atoms. The maximum absolute atomic E-state index is 14.1. The Bertz CT molecular complexity index is 548. The Morgan fingerprint density at radius 2 is 1.90 bits per heavy atom. The van der Waals surface area contributed by atoms with E-state index in [9.17, 15) is 17.2 Å². The molecule has 0 saturated carbocycles. The summed E-state index contributed by atoms with van der Waals surface area (Å²) in [6.07, 6.45) is 2.53. The van der Waals surface area contributed by atoms with Crippen LogP contribution in [0.15, 0.2) is 17.0 Å². The highest BCUT2D eigenvalue weighted by Gasteiger charge is 2.22. The quantitative estimate of drug-likeness (QED) is 0.724. The van der Waals surface area contributed by atoms with Crippen molar-refractivity contribution in [2.24, 2.45) is 0 Å². The molecule has 1 aromatic carbocycles. The molecule has 0 bridgehead atoms. The normalized spacial score (nSPS) is 11.8. The molecular formula is C13H20F2N2O2S. The van der Waals surface area contributed by atoms with E-state index in [1.807, 2.05) is 6.92 Å². The Labute approximate surface area is 118 Å². The number of unbranched alkanes of at least 4 members (excludes halogenated alkanes) is 2. The Morgan fingerprint density at radius 1 is 1.20 bits per heavy atom. The highest BCUT2D eigenvalue weighted by molar-refractivity contribution is 7.89. The zero-order chi connectivity index (χ0) is 15.2. The van der Waals surface area contributed by atoms with E-state index in [2.05, 4.69) is 10.0 Å². The summed E-state index contributed by atoms with van der Waals surface area (Å²) in [4.78, 5) is -0.513. The lowest BCUT2D eigenvalue weighted by atomic mass is 10.2. The van der Waals surface area contributed by atoms with Gasteiger partial charge in [-0.25, -0.2) is 21.9 Å². The average molecular weight is 306 g/mol. The van der Waals surface area contributed by atoms with Gasteiger partial charge in [-0.2, -0.15) is 0 Å². The monoisotopic (exact) mass is 306 g/mol. The number of sulfonamides is 1. The second-order valence-electron chi connectivity index (χ2n) is 4.47. The van der Waals surface area contributed by atoms with Crippen LogP contribution in [-0.4, -0.2) is 22.0 Å². The summed E-state index contributed by atoms with van der Waals surface area (Å²) in [6, 6.07) is 1.92. The molecule has 0 aliphatic rings. The molecule has 0 unspecified atom stereocenters. The second kappa shape index (κ2) is 7.66. The molecule has 0 aromatic heterocycles. The number of halogens is 2. The van der Waals surface area contributed by atoms with Crippen molar-refractivity contribution in [1.29, 1.82) is 0 Å². The molecule has 7 heteroatoms. The number of nitrogens with one attached hydrogen (secondary N) is 2. The third-order valence-electron chi connectivity index (χ3n) is 2.87. The first-order valence-electron chi connectivity index (χ1n) is 6.55. The number of hydrogen-bond acceptors (Lipinski definition) is 3. The van der Waals surface area contributed by atoms with E-state index in [1.54, 1.807) is 0 Å². The Morgan fingerprint density at radius 3 is 2.50 bits per heavy atom. The number of rotatable bonds is 8. The first-order valence-corrected chi connectivity index (χ1v) is 8.03. The standard InChI is InChI=1S/C13H20F2N2O2S/c1-3-4-5-8-17-20(18,19)12-7-6-11(14)10(9-16-2)13(12)15/h6-7,16-17H,3-5,8-9H2,1-2H3. The summed E-state index contributed by atoms with van der Waals surface area (Å²) >= 11 is 0. The van der Waals surface area contributed by atoms with E-state index in [0.717, 1.165) is 25.0 Å². The van der Waals surface area contributed by atoms with Crippen LogP contribution in [0, 0.1) is 11.6 Å². The highest BCUT2D eigenvalue weighted by atomic mass is 32.2. The summed E-state index contributed by atoms with van der Waals surface area (Å²) in [7, 11) is -2.42. The lowest BCUT2D eigenvalue weighted by molar-refractivity contribution is 0.517. The van der Waals surface area contributed by atoms with E-state index < -0.39 is 26.6 Å². The molecule has 114 valence electrons. The molecule has 1 rings (SSSR count). The van der Waals surface area contributed by atoms with Gasteiger partial charge in [0.2, 0.25) is 10.0 Å². The van der Waals surface area contributed by atoms with Gasteiger partial charge in [0.05, 0.1) is 0 Å². The van der Waals surface area contributed by atoms with E-state index in [4.69, 9.17) is 0 Å². The van der Waals surface area contributed by atoms with Crippen LogP contribution in [0.5, 0.6) is 0 Å². The van der Waals surface area contributed by atoms with Gasteiger partial charge < -0.3 is 5.32 Å². The van der Waals surface area contributed by atoms with Crippen molar-refractivity contribution in [2.75, 3.05) is 13.6 Å². The van der Waals surface area contributed by atoms with Gasteiger partial charge in [-0.1, -0.05) is 19.8 Å². The van der Waals surface area contributed by atoms with E-state index in [-0.39, 0.29) is 18.7 Å². The lowest BCUT2D eigenvalue weighted by Crippen LogP contribution is -2.26. The molecule has 0 amide bonds. The third kappa shape index (κ3) is 4.22. The molecule has 1 aromatic rings. The molecule has 0 radical (unpaired) electrons.